The second kappa shape index (κ2) is 5.92. The summed E-state index contributed by atoms with van der Waals surface area (Å²) >= 11 is 9.17. The molecule has 0 heterocycles. The van der Waals surface area contributed by atoms with Gasteiger partial charge in [0.15, 0.2) is 0 Å². The van der Waals surface area contributed by atoms with Crippen LogP contribution >= 0.6 is 27.5 Å². The Labute approximate surface area is 107 Å². The Kier molecular flexibility index (Phi) is 4.83. The fourth-order valence-corrected chi connectivity index (χ4v) is 1.61. The third-order valence-corrected chi connectivity index (χ3v) is 2.74. The molecule has 2 N–H and O–H groups in total. The first-order valence-electron chi connectivity index (χ1n) is 4.64. The van der Waals surface area contributed by atoms with Crippen molar-refractivity contribution in [2.24, 2.45) is 5.73 Å². The van der Waals surface area contributed by atoms with Gasteiger partial charge in [0.05, 0.1) is 6.61 Å². The Balaban J connectivity index is 2.97. The molecular formula is C11H11BrClNO2. The first-order chi connectivity index (χ1) is 7.54. The van der Waals surface area contributed by atoms with Gasteiger partial charge in [-0.1, -0.05) is 27.5 Å². The number of rotatable bonds is 3. The van der Waals surface area contributed by atoms with Gasteiger partial charge in [-0.2, -0.15) is 0 Å². The van der Waals surface area contributed by atoms with E-state index in [0.29, 0.717) is 11.6 Å². The van der Waals surface area contributed by atoms with Gasteiger partial charge in [-0.05, 0) is 36.8 Å². The Morgan fingerprint density at radius 1 is 1.62 bits per heavy atom. The molecule has 0 atom stereocenters. The second-order valence-corrected chi connectivity index (χ2v) is 4.28. The van der Waals surface area contributed by atoms with Crippen molar-refractivity contribution in [2.45, 2.75) is 6.92 Å². The third kappa shape index (κ3) is 3.54. The van der Waals surface area contributed by atoms with E-state index in [1.165, 1.54) is 6.08 Å². The fourth-order valence-electron chi connectivity index (χ4n) is 1.07. The predicted octanol–water partition coefficient (Wildman–Crippen LogP) is 2.97. The minimum absolute atomic E-state index is 0.0461. The highest BCUT2D eigenvalue weighted by Gasteiger charge is 2.07. The van der Waals surface area contributed by atoms with Gasteiger partial charge in [0.1, 0.15) is 5.70 Å². The minimum Gasteiger partial charge on any atom is -0.461 e. The van der Waals surface area contributed by atoms with Crippen molar-refractivity contribution in [2.75, 3.05) is 6.61 Å². The van der Waals surface area contributed by atoms with E-state index < -0.39 is 5.97 Å². The van der Waals surface area contributed by atoms with E-state index in [1.807, 2.05) is 0 Å². The van der Waals surface area contributed by atoms with Gasteiger partial charge in [-0.25, -0.2) is 4.79 Å². The van der Waals surface area contributed by atoms with Crippen LogP contribution in [0.5, 0.6) is 0 Å². The topological polar surface area (TPSA) is 52.3 Å². The van der Waals surface area contributed by atoms with Gasteiger partial charge >= 0.3 is 5.97 Å². The summed E-state index contributed by atoms with van der Waals surface area (Å²) in [4.78, 5) is 11.3. The quantitative estimate of drug-likeness (QED) is 0.690. The van der Waals surface area contributed by atoms with E-state index in [-0.39, 0.29) is 5.70 Å². The smallest absolute Gasteiger partial charge is 0.354 e. The van der Waals surface area contributed by atoms with Crippen LogP contribution in [0.1, 0.15) is 12.5 Å². The minimum atomic E-state index is -0.533. The number of halogens is 2. The van der Waals surface area contributed by atoms with Crippen molar-refractivity contribution in [3.05, 3.63) is 39.0 Å². The molecule has 0 saturated carbocycles. The van der Waals surface area contributed by atoms with E-state index in [2.05, 4.69) is 15.9 Å². The van der Waals surface area contributed by atoms with Crippen molar-refractivity contribution in [1.29, 1.82) is 0 Å². The Morgan fingerprint density at radius 3 is 2.94 bits per heavy atom. The van der Waals surface area contributed by atoms with Crippen LogP contribution in [0.3, 0.4) is 0 Å². The molecule has 0 aliphatic heterocycles. The molecule has 0 aliphatic carbocycles. The second-order valence-electron chi connectivity index (χ2n) is 2.99. The Hall–Kier alpha value is -1.000. The van der Waals surface area contributed by atoms with Crippen LogP contribution < -0.4 is 5.73 Å². The van der Waals surface area contributed by atoms with Gasteiger partial charge in [0.2, 0.25) is 0 Å². The summed E-state index contributed by atoms with van der Waals surface area (Å²) < 4.78 is 5.57. The molecule has 3 nitrogen and oxygen atoms in total. The first kappa shape index (κ1) is 13.1. The molecule has 16 heavy (non-hydrogen) atoms. The molecule has 0 spiro atoms. The van der Waals surface area contributed by atoms with E-state index in [9.17, 15) is 4.79 Å². The first-order valence-corrected chi connectivity index (χ1v) is 5.81. The van der Waals surface area contributed by atoms with Crippen molar-refractivity contribution in [3.63, 3.8) is 0 Å². The average Bonchev–Trinajstić information content (AvgIpc) is 2.23. The largest absolute Gasteiger partial charge is 0.461 e. The number of hydrogen-bond acceptors (Lipinski definition) is 3. The van der Waals surface area contributed by atoms with Crippen molar-refractivity contribution in [3.8, 4) is 0 Å². The van der Waals surface area contributed by atoms with Crippen molar-refractivity contribution >= 4 is 39.6 Å². The monoisotopic (exact) mass is 303 g/mol. The highest BCUT2D eigenvalue weighted by molar-refractivity contribution is 9.10. The highest BCUT2D eigenvalue weighted by Crippen LogP contribution is 2.22. The van der Waals surface area contributed by atoms with Gasteiger partial charge in [-0.3, -0.25) is 0 Å². The van der Waals surface area contributed by atoms with Crippen LogP contribution in [-0.4, -0.2) is 12.6 Å². The van der Waals surface area contributed by atoms with E-state index >= 15 is 0 Å². The molecule has 0 aliphatic rings. The lowest BCUT2D eigenvalue weighted by Crippen LogP contribution is -2.14. The maximum absolute atomic E-state index is 11.3. The van der Waals surface area contributed by atoms with Crippen LogP contribution in [0, 0.1) is 0 Å². The van der Waals surface area contributed by atoms with E-state index in [0.717, 1.165) is 10.0 Å². The predicted molar refractivity (Wildman–Crippen MR) is 67.9 cm³/mol. The normalized spacial score (nSPS) is 11.3. The Bertz CT molecular complexity index is 432. The summed E-state index contributed by atoms with van der Waals surface area (Å²) in [6, 6.07) is 5.23. The zero-order valence-electron chi connectivity index (χ0n) is 8.67. The summed E-state index contributed by atoms with van der Waals surface area (Å²) in [6.45, 7) is 2.02. The summed E-state index contributed by atoms with van der Waals surface area (Å²) in [5.41, 5.74) is 6.36. The standard InChI is InChI=1S/C11H11BrClNO2/c1-2-16-11(15)10(14)6-7-5-8(13)3-4-9(7)12/h3-6H,2,14H2,1H3/b10-6-. The molecule has 0 saturated heterocycles. The molecule has 0 amide bonds. The lowest BCUT2D eigenvalue weighted by molar-refractivity contribution is -0.138. The summed E-state index contributed by atoms with van der Waals surface area (Å²) in [6.07, 6.45) is 1.52. The number of nitrogens with two attached hydrogens (primary N) is 1. The Morgan fingerprint density at radius 2 is 2.31 bits per heavy atom. The molecule has 0 unspecified atom stereocenters. The number of carbonyl (C=O) groups is 1. The number of esters is 1. The molecule has 86 valence electrons. The SMILES string of the molecule is CCOC(=O)/C(N)=C/c1cc(Cl)ccc1Br. The van der Waals surface area contributed by atoms with Crippen LogP contribution in [0.4, 0.5) is 0 Å². The molecule has 0 bridgehead atoms. The van der Waals surface area contributed by atoms with Crippen LogP contribution in [0.15, 0.2) is 28.4 Å². The van der Waals surface area contributed by atoms with Crippen LogP contribution in [0.2, 0.25) is 5.02 Å². The summed E-state index contributed by atoms with van der Waals surface area (Å²) in [5.74, 6) is -0.533. The molecule has 1 aromatic rings. The van der Waals surface area contributed by atoms with Gasteiger partial charge in [0.25, 0.3) is 0 Å². The summed E-state index contributed by atoms with van der Waals surface area (Å²) in [7, 11) is 0. The summed E-state index contributed by atoms with van der Waals surface area (Å²) in [5, 5.41) is 0.575. The number of ether oxygens (including phenoxy) is 1. The zero-order valence-corrected chi connectivity index (χ0v) is 11.0. The number of carbonyl (C=O) groups excluding carboxylic acids is 1. The molecule has 1 aromatic carbocycles. The zero-order chi connectivity index (χ0) is 12.1. The van der Waals surface area contributed by atoms with Gasteiger partial charge in [-0.15, -0.1) is 0 Å². The van der Waals surface area contributed by atoms with Gasteiger partial charge in [0, 0.05) is 9.50 Å². The molecule has 0 aromatic heterocycles. The third-order valence-electron chi connectivity index (χ3n) is 1.78. The maximum Gasteiger partial charge on any atom is 0.354 e. The lowest BCUT2D eigenvalue weighted by Gasteiger charge is -2.03. The van der Waals surface area contributed by atoms with Gasteiger partial charge < -0.3 is 10.5 Å². The van der Waals surface area contributed by atoms with Crippen LogP contribution in [0.25, 0.3) is 6.08 Å². The number of benzene rings is 1. The molecule has 0 radical (unpaired) electrons. The van der Waals surface area contributed by atoms with E-state index in [4.69, 9.17) is 22.1 Å². The highest BCUT2D eigenvalue weighted by atomic mass is 79.9. The number of hydrogen-bond donors (Lipinski definition) is 1. The molecular weight excluding hydrogens is 293 g/mol. The average molecular weight is 305 g/mol. The molecule has 5 heteroatoms. The molecule has 1 rings (SSSR count). The maximum atomic E-state index is 11.3. The van der Waals surface area contributed by atoms with Crippen molar-refractivity contribution < 1.29 is 9.53 Å². The van der Waals surface area contributed by atoms with Crippen molar-refractivity contribution in [1.82, 2.24) is 0 Å². The fraction of sp³-hybridized carbons (Fsp3) is 0.182. The molecule has 0 fully saturated rings. The lowest BCUT2D eigenvalue weighted by atomic mass is 10.2. The van der Waals surface area contributed by atoms with E-state index in [1.54, 1.807) is 25.1 Å². The van der Waals surface area contributed by atoms with Crippen LogP contribution in [-0.2, 0) is 9.53 Å².